The first-order chi connectivity index (χ1) is 9.97. The fourth-order valence-corrected chi connectivity index (χ4v) is 2.98. The van der Waals surface area contributed by atoms with E-state index in [9.17, 15) is 9.90 Å². The number of hydrogen-bond donors (Lipinski definition) is 2. The van der Waals surface area contributed by atoms with E-state index < -0.39 is 0 Å². The Labute approximate surface area is 130 Å². The standard InChI is InChI=1S/C15H22ClN3O2/c1-10-13(15(16)19(2)18-10)6-7-14(21)17-9-11-4-3-5-12(20)8-11/h6-7,11-12,20H,3-5,8-9H2,1-2H3,(H,17,21). The first kappa shape index (κ1) is 16.0. The molecular weight excluding hydrogens is 290 g/mol. The molecule has 1 aromatic heterocycles. The predicted molar refractivity (Wildman–Crippen MR) is 83.0 cm³/mol. The lowest BCUT2D eigenvalue weighted by Gasteiger charge is -2.25. The van der Waals surface area contributed by atoms with Crippen molar-refractivity contribution in [1.82, 2.24) is 15.1 Å². The molecular formula is C15H22ClN3O2. The summed E-state index contributed by atoms with van der Waals surface area (Å²) in [6, 6.07) is 0. The lowest BCUT2D eigenvalue weighted by Crippen LogP contribution is -2.32. The van der Waals surface area contributed by atoms with Crippen LogP contribution in [0.2, 0.25) is 5.15 Å². The average molecular weight is 312 g/mol. The average Bonchev–Trinajstić information content (AvgIpc) is 2.68. The second kappa shape index (κ2) is 7.09. The summed E-state index contributed by atoms with van der Waals surface area (Å²) in [5.74, 6) is 0.226. The molecule has 2 N–H and O–H groups in total. The normalized spacial score (nSPS) is 22.7. The molecule has 0 aromatic carbocycles. The van der Waals surface area contributed by atoms with E-state index in [2.05, 4.69) is 10.4 Å². The number of aryl methyl sites for hydroxylation is 2. The topological polar surface area (TPSA) is 67.2 Å². The molecule has 1 saturated carbocycles. The number of rotatable bonds is 4. The minimum absolute atomic E-state index is 0.144. The van der Waals surface area contributed by atoms with Crippen molar-refractivity contribution >= 4 is 23.6 Å². The molecule has 1 amide bonds. The van der Waals surface area contributed by atoms with Gasteiger partial charge in [-0.15, -0.1) is 0 Å². The maximum Gasteiger partial charge on any atom is 0.244 e. The summed E-state index contributed by atoms with van der Waals surface area (Å²) < 4.78 is 1.58. The molecule has 1 heterocycles. The van der Waals surface area contributed by atoms with E-state index in [1.807, 2.05) is 6.92 Å². The van der Waals surface area contributed by atoms with Crippen LogP contribution in [0, 0.1) is 12.8 Å². The number of aromatic nitrogens is 2. The van der Waals surface area contributed by atoms with Gasteiger partial charge < -0.3 is 10.4 Å². The van der Waals surface area contributed by atoms with Crippen LogP contribution in [0.25, 0.3) is 6.08 Å². The van der Waals surface area contributed by atoms with Crippen molar-refractivity contribution < 1.29 is 9.90 Å². The molecule has 1 aliphatic carbocycles. The molecule has 0 radical (unpaired) electrons. The number of hydrogen-bond acceptors (Lipinski definition) is 3. The molecule has 0 spiro atoms. The third kappa shape index (κ3) is 4.32. The van der Waals surface area contributed by atoms with Gasteiger partial charge in [-0.25, -0.2) is 0 Å². The summed E-state index contributed by atoms with van der Waals surface area (Å²) in [4.78, 5) is 11.8. The molecule has 6 heteroatoms. The third-order valence-electron chi connectivity index (χ3n) is 3.92. The van der Waals surface area contributed by atoms with E-state index in [1.54, 1.807) is 17.8 Å². The summed E-state index contributed by atoms with van der Waals surface area (Å²) in [6.45, 7) is 2.47. The zero-order valence-electron chi connectivity index (χ0n) is 12.5. The van der Waals surface area contributed by atoms with Crippen molar-refractivity contribution in [1.29, 1.82) is 0 Å². The maximum absolute atomic E-state index is 11.8. The molecule has 1 aromatic rings. The van der Waals surface area contributed by atoms with Crippen LogP contribution in [0.4, 0.5) is 0 Å². The highest BCUT2D eigenvalue weighted by atomic mass is 35.5. The molecule has 1 aliphatic rings. The molecule has 2 rings (SSSR count). The van der Waals surface area contributed by atoms with E-state index in [0.717, 1.165) is 36.9 Å². The lowest BCUT2D eigenvalue weighted by molar-refractivity contribution is -0.116. The van der Waals surface area contributed by atoms with E-state index in [1.165, 1.54) is 6.08 Å². The monoisotopic (exact) mass is 311 g/mol. The van der Waals surface area contributed by atoms with Crippen molar-refractivity contribution in [3.63, 3.8) is 0 Å². The molecule has 116 valence electrons. The van der Waals surface area contributed by atoms with Gasteiger partial charge in [0.2, 0.25) is 5.91 Å². The Morgan fingerprint density at radius 1 is 1.57 bits per heavy atom. The summed E-state index contributed by atoms with van der Waals surface area (Å²) >= 11 is 6.10. The van der Waals surface area contributed by atoms with Gasteiger partial charge in [0.05, 0.1) is 11.8 Å². The van der Waals surface area contributed by atoms with Crippen LogP contribution in [0.1, 0.15) is 36.9 Å². The third-order valence-corrected chi connectivity index (χ3v) is 4.37. The van der Waals surface area contributed by atoms with Crippen LogP contribution in [0.5, 0.6) is 0 Å². The molecule has 21 heavy (non-hydrogen) atoms. The van der Waals surface area contributed by atoms with Gasteiger partial charge in [-0.1, -0.05) is 18.0 Å². The van der Waals surface area contributed by atoms with E-state index >= 15 is 0 Å². The van der Waals surface area contributed by atoms with Crippen LogP contribution in [-0.4, -0.2) is 33.4 Å². The highest BCUT2D eigenvalue weighted by Crippen LogP contribution is 2.23. The Kier molecular flexibility index (Phi) is 5.42. The Morgan fingerprint density at radius 2 is 2.33 bits per heavy atom. The van der Waals surface area contributed by atoms with Crippen molar-refractivity contribution in [2.75, 3.05) is 6.54 Å². The summed E-state index contributed by atoms with van der Waals surface area (Å²) in [5, 5.41) is 17.2. The number of carbonyl (C=O) groups is 1. The van der Waals surface area contributed by atoms with Gasteiger partial charge in [0.15, 0.2) is 0 Å². The molecule has 2 atom stereocenters. The molecule has 0 bridgehead atoms. The Bertz CT molecular complexity index is 539. The van der Waals surface area contributed by atoms with E-state index in [4.69, 9.17) is 11.6 Å². The zero-order valence-corrected chi connectivity index (χ0v) is 13.2. The number of carbonyl (C=O) groups excluding carboxylic acids is 1. The van der Waals surface area contributed by atoms with Gasteiger partial charge in [-0.3, -0.25) is 9.48 Å². The molecule has 5 nitrogen and oxygen atoms in total. The van der Waals surface area contributed by atoms with Crippen LogP contribution < -0.4 is 5.32 Å². The van der Waals surface area contributed by atoms with Crippen LogP contribution in [0.3, 0.4) is 0 Å². The van der Waals surface area contributed by atoms with E-state index in [-0.39, 0.29) is 12.0 Å². The first-order valence-electron chi connectivity index (χ1n) is 7.30. The van der Waals surface area contributed by atoms with Gasteiger partial charge in [0.1, 0.15) is 5.15 Å². The van der Waals surface area contributed by atoms with Gasteiger partial charge >= 0.3 is 0 Å². The fourth-order valence-electron chi connectivity index (χ4n) is 2.75. The van der Waals surface area contributed by atoms with Gasteiger partial charge in [0, 0.05) is 25.2 Å². The number of amides is 1. The Morgan fingerprint density at radius 3 is 2.95 bits per heavy atom. The summed E-state index contributed by atoms with van der Waals surface area (Å²) in [7, 11) is 1.77. The molecule has 0 aliphatic heterocycles. The minimum atomic E-state index is -0.215. The van der Waals surface area contributed by atoms with Crippen LogP contribution in [0.15, 0.2) is 6.08 Å². The van der Waals surface area contributed by atoms with E-state index in [0.29, 0.717) is 17.6 Å². The maximum atomic E-state index is 11.8. The predicted octanol–water partition coefficient (Wildman–Crippen LogP) is 2.06. The molecule has 2 unspecified atom stereocenters. The molecule has 1 fully saturated rings. The zero-order chi connectivity index (χ0) is 15.4. The quantitative estimate of drug-likeness (QED) is 0.836. The number of halogens is 1. The highest BCUT2D eigenvalue weighted by molar-refractivity contribution is 6.31. The first-order valence-corrected chi connectivity index (χ1v) is 7.68. The Balaban J connectivity index is 1.85. The van der Waals surface area contributed by atoms with Crippen LogP contribution >= 0.6 is 11.6 Å². The number of aliphatic hydroxyl groups excluding tert-OH is 1. The smallest absolute Gasteiger partial charge is 0.244 e. The van der Waals surface area contributed by atoms with Crippen molar-refractivity contribution in [2.45, 2.75) is 38.7 Å². The highest BCUT2D eigenvalue weighted by Gasteiger charge is 2.20. The summed E-state index contributed by atoms with van der Waals surface area (Å²) in [6.07, 6.45) is 6.70. The van der Waals surface area contributed by atoms with Gasteiger partial charge in [-0.05, 0) is 38.2 Å². The number of nitrogens with zero attached hydrogens (tertiary/aromatic N) is 2. The van der Waals surface area contributed by atoms with Crippen molar-refractivity contribution in [2.24, 2.45) is 13.0 Å². The largest absolute Gasteiger partial charge is 0.393 e. The van der Waals surface area contributed by atoms with Crippen molar-refractivity contribution in [3.8, 4) is 0 Å². The number of aliphatic hydroxyl groups is 1. The van der Waals surface area contributed by atoms with Gasteiger partial charge in [-0.2, -0.15) is 5.10 Å². The Hall–Kier alpha value is -1.33. The van der Waals surface area contributed by atoms with Gasteiger partial charge in [0.25, 0.3) is 0 Å². The second-order valence-corrected chi connectivity index (χ2v) is 6.04. The van der Waals surface area contributed by atoms with Crippen molar-refractivity contribution in [3.05, 3.63) is 22.5 Å². The van der Waals surface area contributed by atoms with Crippen LogP contribution in [-0.2, 0) is 11.8 Å². The SMILES string of the molecule is Cc1nn(C)c(Cl)c1C=CC(=O)NCC1CCCC(O)C1. The minimum Gasteiger partial charge on any atom is -0.393 e. The molecule has 0 saturated heterocycles. The lowest BCUT2D eigenvalue weighted by atomic mass is 9.87. The number of nitrogens with one attached hydrogen (secondary N) is 1. The fraction of sp³-hybridized carbons (Fsp3) is 0.600. The second-order valence-electron chi connectivity index (χ2n) is 5.68. The summed E-state index contributed by atoms with van der Waals surface area (Å²) in [5.41, 5.74) is 1.56.